The molecular formula is C40H78N12. The Kier molecular flexibility index (Phi) is 29.7. The molecule has 298 valence electrons. The number of hydrogen-bond acceptors (Lipinski definition) is 12. The van der Waals surface area contributed by atoms with Crippen molar-refractivity contribution in [1.29, 1.82) is 0 Å². The average molecular weight is 727 g/mol. The lowest BCUT2D eigenvalue weighted by Crippen LogP contribution is -2.24. The van der Waals surface area contributed by atoms with E-state index in [1.165, 1.54) is 33.4 Å². The Balaban J connectivity index is 2.13. The predicted molar refractivity (Wildman–Crippen MR) is 223 cm³/mol. The first-order valence-electron chi connectivity index (χ1n) is 20.4. The summed E-state index contributed by atoms with van der Waals surface area (Å²) in [6.07, 6.45) is 8.48. The van der Waals surface area contributed by atoms with E-state index in [1.807, 2.05) is 0 Å². The van der Waals surface area contributed by atoms with Gasteiger partial charge in [0.1, 0.15) is 0 Å². The molecule has 0 heterocycles. The van der Waals surface area contributed by atoms with E-state index in [2.05, 4.69) is 78.9 Å². The van der Waals surface area contributed by atoms with Gasteiger partial charge in [-0.3, -0.25) is 0 Å². The highest BCUT2D eigenvalue weighted by Crippen LogP contribution is 2.26. The van der Waals surface area contributed by atoms with Crippen LogP contribution in [-0.2, 0) is 26.2 Å². The summed E-state index contributed by atoms with van der Waals surface area (Å²) in [5.41, 5.74) is 30.3. The molecule has 0 atom stereocenters. The number of rotatable bonds is 37. The Hall–Kier alpha value is -2.04. The lowest BCUT2D eigenvalue weighted by molar-refractivity contribution is 0.583. The monoisotopic (exact) mass is 727 g/mol. The summed E-state index contributed by atoms with van der Waals surface area (Å²) in [7, 11) is 0. The first kappa shape index (κ1) is 46.1. The maximum atomic E-state index is 5.63. The first-order chi connectivity index (χ1) is 25.7. The molecule has 0 aliphatic heterocycles. The van der Waals surface area contributed by atoms with E-state index in [0.717, 1.165) is 182 Å². The maximum absolute atomic E-state index is 5.63. The van der Waals surface area contributed by atoms with Crippen molar-refractivity contribution in [2.75, 3.05) is 105 Å². The van der Waals surface area contributed by atoms with Crippen LogP contribution >= 0.6 is 0 Å². The Labute approximate surface area is 316 Å². The summed E-state index contributed by atoms with van der Waals surface area (Å²) < 4.78 is 0. The quantitative estimate of drug-likeness (QED) is 0.0442. The zero-order valence-corrected chi connectivity index (χ0v) is 32.6. The van der Waals surface area contributed by atoms with Crippen molar-refractivity contribution >= 4 is 0 Å². The minimum Gasteiger partial charge on any atom is -0.330 e. The van der Waals surface area contributed by atoms with Gasteiger partial charge in [0.25, 0.3) is 0 Å². The van der Waals surface area contributed by atoms with Gasteiger partial charge in [-0.15, -0.1) is 0 Å². The molecule has 0 aliphatic rings. The molecule has 0 radical (unpaired) electrons. The summed E-state index contributed by atoms with van der Waals surface area (Å²) in [5.74, 6) is 0. The largest absolute Gasteiger partial charge is 0.330 e. The molecule has 2 aromatic carbocycles. The highest BCUT2D eigenvalue weighted by molar-refractivity contribution is 5.67. The van der Waals surface area contributed by atoms with Crippen molar-refractivity contribution in [1.82, 2.24) is 42.5 Å². The van der Waals surface area contributed by atoms with Crippen molar-refractivity contribution in [2.24, 2.45) is 22.9 Å². The number of nitrogens with two attached hydrogens (primary N) is 4. The molecule has 0 spiro atoms. The van der Waals surface area contributed by atoms with E-state index in [9.17, 15) is 0 Å². The second-order valence-electron chi connectivity index (χ2n) is 13.8. The van der Waals surface area contributed by atoms with Crippen LogP contribution < -0.4 is 65.5 Å². The predicted octanol–water partition coefficient (Wildman–Crippen LogP) is 1.03. The fraction of sp³-hybridized carbons (Fsp3) is 0.700. The van der Waals surface area contributed by atoms with Gasteiger partial charge in [0.05, 0.1) is 0 Å². The van der Waals surface area contributed by atoms with Crippen molar-refractivity contribution in [3.63, 3.8) is 0 Å². The van der Waals surface area contributed by atoms with E-state index >= 15 is 0 Å². The van der Waals surface area contributed by atoms with Crippen molar-refractivity contribution in [3.8, 4) is 11.1 Å². The van der Waals surface area contributed by atoms with Crippen molar-refractivity contribution < 1.29 is 0 Å². The van der Waals surface area contributed by atoms with Gasteiger partial charge < -0.3 is 65.5 Å². The van der Waals surface area contributed by atoms with E-state index in [4.69, 9.17) is 22.9 Å². The Morgan fingerprint density at radius 1 is 0.269 bits per heavy atom. The number of benzene rings is 2. The minimum absolute atomic E-state index is 0.739. The van der Waals surface area contributed by atoms with E-state index < -0.39 is 0 Å². The molecule has 0 aliphatic carbocycles. The molecule has 52 heavy (non-hydrogen) atoms. The lowest BCUT2D eigenvalue weighted by atomic mass is 9.96. The van der Waals surface area contributed by atoms with Crippen LogP contribution in [0.15, 0.2) is 36.4 Å². The van der Waals surface area contributed by atoms with Gasteiger partial charge in [-0.2, -0.15) is 0 Å². The standard InChI is InChI=1S/C40H78N12/c41-9-1-13-45-17-5-21-49-31-35-25-36(32-50-22-6-18-46-14-2-10-42)28-39(27-35)40-29-37(33-51-23-7-19-47-15-3-11-43)26-38(30-40)34-52-24-8-20-48-16-4-12-44/h25-30,45-52H,1-24,31-34,41-44H2. The van der Waals surface area contributed by atoms with Gasteiger partial charge >= 0.3 is 0 Å². The molecule has 2 rings (SSSR count). The molecule has 12 heteroatoms. The van der Waals surface area contributed by atoms with E-state index in [1.54, 1.807) is 0 Å². The normalized spacial score (nSPS) is 11.5. The van der Waals surface area contributed by atoms with Gasteiger partial charge in [-0.05, 0) is 214 Å². The second-order valence-corrected chi connectivity index (χ2v) is 13.8. The van der Waals surface area contributed by atoms with Crippen LogP contribution in [0.2, 0.25) is 0 Å². The van der Waals surface area contributed by atoms with Gasteiger partial charge in [-0.1, -0.05) is 12.1 Å². The third kappa shape index (κ3) is 24.3. The highest BCUT2D eigenvalue weighted by atomic mass is 14.9. The third-order valence-corrected chi connectivity index (χ3v) is 8.81. The molecule has 0 saturated carbocycles. The van der Waals surface area contributed by atoms with Gasteiger partial charge in [0.15, 0.2) is 0 Å². The van der Waals surface area contributed by atoms with Crippen LogP contribution in [-0.4, -0.2) is 105 Å². The van der Waals surface area contributed by atoms with Crippen LogP contribution in [0.3, 0.4) is 0 Å². The topological polar surface area (TPSA) is 200 Å². The molecule has 0 amide bonds. The van der Waals surface area contributed by atoms with Crippen LogP contribution in [0.1, 0.15) is 73.6 Å². The summed E-state index contributed by atoms with van der Waals surface area (Å²) in [5, 5.41) is 28.7. The molecule has 16 N–H and O–H groups in total. The molecule has 0 aromatic heterocycles. The molecule has 0 fully saturated rings. The van der Waals surface area contributed by atoms with Crippen LogP contribution in [0.5, 0.6) is 0 Å². The third-order valence-electron chi connectivity index (χ3n) is 8.81. The van der Waals surface area contributed by atoms with Crippen LogP contribution in [0, 0.1) is 0 Å². The SMILES string of the molecule is NCCCNCCCNCc1cc(CNCCCNCCCN)cc(-c2cc(CNCCCNCCCN)cc(CNCCCNCCCN)c2)c1. The van der Waals surface area contributed by atoms with Gasteiger partial charge in [-0.25, -0.2) is 0 Å². The molecule has 0 saturated heterocycles. The summed E-state index contributed by atoms with van der Waals surface area (Å²) in [6, 6.07) is 14.2. The first-order valence-corrected chi connectivity index (χ1v) is 20.4. The van der Waals surface area contributed by atoms with Crippen molar-refractivity contribution in [2.45, 2.75) is 77.5 Å². The Bertz CT molecular complexity index is 940. The zero-order chi connectivity index (χ0) is 37.2. The fourth-order valence-corrected chi connectivity index (χ4v) is 5.96. The minimum atomic E-state index is 0.739. The zero-order valence-electron chi connectivity index (χ0n) is 32.6. The Morgan fingerprint density at radius 2 is 0.481 bits per heavy atom. The average Bonchev–Trinajstić information content (AvgIpc) is 3.16. The fourth-order valence-electron chi connectivity index (χ4n) is 5.96. The van der Waals surface area contributed by atoms with Crippen LogP contribution in [0.4, 0.5) is 0 Å². The molecule has 0 bridgehead atoms. The van der Waals surface area contributed by atoms with Crippen molar-refractivity contribution in [3.05, 3.63) is 58.7 Å². The summed E-state index contributed by atoms with van der Waals surface area (Å²) >= 11 is 0. The lowest BCUT2D eigenvalue weighted by Gasteiger charge is -2.15. The molecule has 2 aromatic rings. The van der Waals surface area contributed by atoms with Gasteiger partial charge in [0.2, 0.25) is 0 Å². The highest BCUT2D eigenvalue weighted by Gasteiger charge is 2.09. The maximum Gasteiger partial charge on any atom is 0.0205 e. The summed E-state index contributed by atoms with van der Waals surface area (Å²) in [6.45, 7) is 18.3. The van der Waals surface area contributed by atoms with Gasteiger partial charge in [0, 0.05) is 26.2 Å². The number of nitrogens with one attached hydrogen (secondary N) is 8. The van der Waals surface area contributed by atoms with E-state index in [0.29, 0.717) is 0 Å². The Morgan fingerprint density at radius 3 is 0.712 bits per heavy atom. The summed E-state index contributed by atoms with van der Waals surface area (Å²) in [4.78, 5) is 0. The molecule has 0 unspecified atom stereocenters. The van der Waals surface area contributed by atoms with E-state index in [-0.39, 0.29) is 0 Å². The molecular weight excluding hydrogens is 649 g/mol. The number of hydrogen-bond donors (Lipinski definition) is 12. The smallest absolute Gasteiger partial charge is 0.0205 e. The van der Waals surface area contributed by atoms with Crippen LogP contribution in [0.25, 0.3) is 11.1 Å². The molecule has 12 nitrogen and oxygen atoms in total. The second kappa shape index (κ2) is 33.5.